The van der Waals surface area contributed by atoms with Crippen molar-refractivity contribution in [3.63, 3.8) is 0 Å². The molecule has 0 spiro atoms. The van der Waals surface area contributed by atoms with Crippen LogP contribution in [0.5, 0.6) is 5.75 Å². The first kappa shape index (κ1) is 16.8. The van der Waals surface area contributed by atoms with Crippen molar-refractivity contribution in [3.05, 3.63) is 22.7 Å². The standard InChI is InChI=1S/C15H23BBrNO3/c1-3-4-7-18-8-10-20-16(21-11-9-18)14-12-13(19-2)5-6-15(14)17/h5-6,12H,3-4,7-11H2,1-2H3. The Balaban J connectivity index is 1.97. The van der Waals surface area contributed by atoms with Crippen LogP contribution in [0.25, 0.3) is 0 Å². The van der Waals surface area contributed by atoms with Gasteiger partial charge in [0.2, 0.25) is 0 Å². The normalized spacial score (nSPS) is 17.4. The van der Waals surface area contributed by atoms with Crippen LogP contribution in [0.2, 0.25) is 0 Å². The predicted octanol–water partition coefficient (Wildman–Crippen LogP) is 2.30. The second kappa shape index (κ2) is 8.78. The van der Waals surface area contributed by atoms with Gasteiger partial charge in [0.25, 0.3) is 0 Å². The van der Waals surface area contributed by atoms with Crippen molar-refractivity contribution in [2.24, 2.45) is 0 Å². The zero-order valence-corrected chi connectivity index (χ0v) is 14.4. The molecule has 116 valence electrons. The van der Waals surface area contributed by atoms with Crippen molar-refractivity contribution in [1.82, 2.24) is 4.90 Å². The molecule has 0 saturated carbocycles. The fourth-order valence-corrected chi connectivity index (χ4v) is 2.79. The molecule has 1 fully saturated rings. The van der Waals surface area contributed by atoms with Crippen LogP contribution < -0.4 is 10.2 Å². The molecule has 1 aliphatic heterocycles. The average molecular weight is 356 g/mol. The molecule has 0 aliphatic carbocycles. The summed E-state index contributed by atoms with van der Waals surface area (Å²) in [4.78, 5) is 2.40. The maximum atomic E-state index is 5.91. The van der Waals surface area contributed by atoms with E-state index < -0.39 is 0 Å². The van der Waals surface area contributed by atoms with Gasteiger partial charge in [-0.05, 0) is 31.2 Å². The average Bonchev–Trinajstić information content (AvgIpc) is 2.47. The van der Waals surface area contributed by atoms with Gasteiger partial charge >= 0.3 is 7.12 Å². The first-order chi connectivity index (χ1) is 10.2. The smallest absolute Gasteiger partial charge is 0.495 e. The second-order valence-corrected chi connectivity index (χ2v) is 6.01. The van der Waals surface area contributed by atoms with E-state index in [1.165, 1.54) is 12.8 Å². The van der Waals surface area contributed by atoms with Crippen molar-refractivity contribution in [3.8, 4) is 5.75 Å². The fourth-order valence-electron chi connectivity index (χ4n) is 2.35. The molecule has 0 amide bonds. The van der Waals surface area contributed by atoms with E-state index >= 15 is 0 Å². The van der Waals surface area contributed by atoms with Gasteiger partial charge < -0.3 is 14.0 Å². The maximum Gasteiger partial charge on any atom is 0.495 e. The van der Waals surface area contributed by atoms with Gasteiger partial charge in [-0.2, -0.15) is 0 Å². The van der Waals surface area contributed by atoms with Crippen LogP contribution in [0.3, 0.4) is 0 Å². The molecule has 6 heteroatoms. The molecule has 1 saturated heterocycles. The molecule has 0 bridgehead atoms. The molecule has 1 heterocycles. The largest absolute Gasteiger partial charge is 0.497 e. The third kappa shape index (κ3) is 4.99. The van der Waals surface area contributed by atoms with Crippen molar-refractivity contribution >= 4 is 28.5 Å². The zero-order valence-electron chi connectivity index (χ0n) is 12.8. The lowest BCUT2D eigenvalue weighted by Crippen LogP contribution is -2.45. The number of rotatable bonds is 5. The highest BCUT2D eigenvalue weighted by Crippen LogP contribution is 2.16. The summed E-state index contributed by atoms with van der Waals surface area (Å²) in [6, 6.07) is 5.85. The van der Waals surface area contributed by atoms with Gasteiger partial charge in [-0.1, -0.05) is 29.3 Å². The first-order valence-electron chi connectivity index (χ1n) is 7.53. The minimum absolute atomic E-state index is 0.331. The number of hydrogen-bond donors (Lipinski definition) is 0. The van der Waals surface area contributed by atoms with Crippen molar-refractivity contribution in [2.45, 2.75) is 19.8 Å². The molecular weight excluding hydrogens is 333 g/mol. The number of hydrogen-bond acceptors (Lipinski definition) is 4. The third-order valence-electron chi connectivity index (χ3n) is 3.64. The molecule has 0 N–H and O–H groups in total. The summed E-state index contributed by atoms with van der Waals surface area (Å²) >= 11 is 3.56. The Kier molecular flexibility index (Phi) is 7.03. The van der Waals surface area contributed by atoms with E-state index in [1.807, 2.05) is 18.2 Å². The molecule has 0 unspecified atom stereocenters. The van der Waals surface area contributed by atoms with E-state index in [-0.39, 0.29) is 7.12 Å². The lowest BCUT2D eigenvalue weighted by atomic mass is 9.78. The van der Waals surface area contributed by atoms with Crippen LogP contribution in [0, 0.1) is 0 Å². The minimum atomic E-state index is -0.331. The molecule has 4 nitrogen and oxygen atoms in total. The Morgan fingerprint density at radius 2 is 2.00 bits per heavy atom. The second-order valence-electron chi connectivity index (χ2n) is 5.16. The van der Waals surface area contributed by atoms with Crippen LogP contribution in [-0.4, -0.2) is 52.0 Å². The molecule has 1 aromatic carbocycles. The van der Waals surface area contributed by atoms with Crippen molar-refractivity contribution in [2.75, 3.05) is 40.0 Å². The maximum absolute atomic E-state index is 5.91. The fraction of sp³-hybridized carbons (Fsp3) is 0.600. The summed E-state index contributed by atoms with van der Waals surface area (Å²) < 4.78 is 18.1. The monoisotopic (exact) mass is 355 g/mol. The van der Waals surface area contributed by atoms with Crippen LogP contribution in [0.4, 0.5) is 0 Å². The summed E-state index contributed by atoms with van der Waals surface area (Å²) in [5.41, 5.74) is 0.983. The molecule has 0 aromatic heterocycles. The van der Waals surface area contributed by atoms with Crippen LogP contribution in [0.1, 0.15) is 19.8 Å². The Bertz CT molecular complexity index is 437. The lowest BCUT2D eigenvalue weighted by Gasteiger charge is -2.27. The van der Waals surface area contributed by atoms with E-state index in [0.29, 0.717) is 13.2 Å². The number of halogens is 1. The number of unbranched alkanes of at least 4 members (excludes halogenated alkanes) is 1. The van der Waals surface area contributed by atoms with Crippen LogP contribution in [0.15, 0.2) is 22.7 Å². The predicted molar refractivity (Wildman–Crippen MR) is 89.3 cm³/mol. The number of benzene rings is 1. The van der Waals surface area contributed by atoms with E-state index in [0.717, 1.165) is 35.3 Å². The topological polar surface area (TPSA) is 30.9 Å². The van der Waals surface area contributed by atoms with Gasteiger partial charge in [0.1, 0.15) is 5.75 Å². The van der Waals surface area contributed by atoms with Crippen LogP contribution in [-0.2, 0) is 9.31 Å². The highest BCUT2D eigenvalue weighted by molar-refractivity contribution is 9.10. The Hall–Kier alpha value is -0.555. The van der Waals surface area contributed by atoms with Crippen molar-refractivity contribution in [1.29, 1.82) is 0 Å². The zero-order chi connectivity index (χ0) is 15.1. The summed E-state index contributed by atoms with van der Waals surface area (Å²) in [7, 11) is 1.33. The number of methoxy groups -OCH3 is 1. The highest BCUT2D eigenvalue weighted by atomic mass is 79.9. The van der Waals surface area contributed by atoms with Crippen LogP contribution >= 0.6 is 15.9 Å². The Morgan fingerprint density at radius 3 is 2.62 bits per heavy atom. The highest BCUT2D eigenvalue weighted by Gasteiger charge is 2.26. The summed E-state index contributed by atoms with van der Waals surface area (Å²) in [5, 5.41) is 0. The molecule has 1 aromatic rings. The first-order valence-corrected chi connectivity index (χ1v) is 8.33. The van der Waals surface area contributed by atoms with Gasteiger partial charge in [-0.15, -0.1) is 0 Å². The van der Waals surface area contributed by atoms with Crippen molar-refractivity contribution < 1.29 is 14.0 Å². The lowest BCUT2D eigenvalue weighted by molar-refractivity contribution is 0.115. The third-order valence-corrected chi connectivity index (χ3v) is 4.36. The number of ether oxygens (including phenoxy) is 1. The Labute approximate surface area is 136 Å². The molecule has 0 atom stereocenters. The number of nitrogens with zero attached hydrogens (tertiary/aromatic N) is 1. The summed E-state index contributed by atoms with van der Waals surface area (Å²) in [6.07, 6.45) is 2.45. The SMILES string of the molecule is CCCCN1CCOB(c2cc(OC)ccc2Br)OCC1. The van der Waals surface area contributed by atoms with E-state index in [2.05, 4.69) is 27.8 Å². The molecule has 2 rings (SSSR count). The van der Waals surface area contributed by atoms with Gasteiger partial charge in [-0.25, -0.2) is 0 Å². The minimum Gasteiger partial charge on any atom is -0.497 e. The van der Waals surface area contributed by atoms with E-state index in [9.17, 15) is 0 Å². The van der Waals surface area contributed by atoms with E-state index in [4.69, 9.17) is 14.0 Å². The molecule has 0 radical (unpaired) electrons. The molecule has 1 aliphatic rings. The quantitative estimate of drug-likeness (QED) is 0.758. The summed E-state index contributed by atoms with van der Waals surface area (Å²) in [6.45, 7) is 6.61. The van der Waals surface area contributed by atoms with Gasteiger partial charge in [-0.3, -0.25) is 4.90 Å². The van der Waals surface area contributed by atoms with Gasteiger partial charge in [0.05, 0.1) is 7.11 Å². The molecular formula is C15H23BBrNO3. The van der Waals surface area contributed by atoms with Gasteiger partial charge in [0.15, 0.2) is 0 Å². The summed E-state index contributed by atoms with van der Waals surface area (Å²) in [5.74, 6) is 0.812. The van der Waals surface area contributed by atoms with E-state index in [1.54, 1.807) is 7.11 Å². The molecule has 21 heavy (non-hydrogen) atoms. The van der Waals surface area contributed by atoms with Gasteiger partial charge in [0, 0.05) is 36.2 Å². The Morgan fingerprint density at radius 1 is 1.29 bits per heavy atom.